The fourth-order valence-electron chi connectivity index (χ4n) is 3.62. The normalized spacial score (nSPS) is 15.7. The SMILES string of the molecule is C=CCOc1ccccc1CNC(=NC)NCC1CCN(c2cccc(OC)c2)C1.I. The molecule has 2 aromatic carbocycles. The molecule has 1 fully saturated rings. The Kier molecular flexibility index (Phi) is 10.5. The van der Waals surface area contributed by atoms with E-state index in [1.54, 1.807) is 20.2 Å². The molecule has 0 amide bonds. The third-order valence-corrected chi connectivity index (χ3v) is 5.26. The molecule has 168 valence electrons. The first-order valence-electron chi connectivity index (χ1n) is 10.4. The van der Waals surface area contributed by atoms with Gasteiger partial charge in [-0.1, -0.05) is 36.9 Å². The molecule has 1 atom stereocenters. The molecule has 31 heavy (non-hydrogen) atoms. The van der Waals surface area contributed by atoms with Gasteiger partial charge in [-0.05, 0) is 30.5 Å². The van der Waals surface area contributed by atoms with Crippen molar-refractivity contribution in [3.63, 3.8) is 0 Å². The minimum absolute atomic E-state index is 0. The van der Waals surface area contributed by atoms with Crippen molar-refractivity contribution in [2.75, 3.05) is 45.3 Å². The molecule has 0 saturated carbocycles. The molecule has 1 aliphatic rings. The van der Waals surface area contributed by atoms with E-state index < -0.39 is 0 Å². The Morgan fingerprint density at radius 2 is 2.06 bits per heavy atom. The van der Waals surface area contributed by atoms with E-state index in [0.717, 1.165) is 49.1 Å². The van der Waals surface area contributed by atoms with Crippen LogP contribution in [0.4, 0.5) is 5.69 Å². The maximum absolute atomic E-state index is 5.73. The zero-order valence-corrected chi connectivity index (χ0v) is 20.7. The van der Waals surface area contributed by atoms with E-state index in [9.17, 15) is 0 Å². The zero-order valence-electron chi connectivity index (χ0n) is 18.3. The number of ether oxygens (including phenoxy) is 2. The van der Waals surface area contributed by atoms with E-state index in [-0.39, 0.29) is 24.0 Å². The number of guanidine groups is 1. The zero-order chi connectivity index (χ0) is 21.2. The standard InChI is InChI=1S/C24H32N4O2.HI/c1-4-14-30-23-11-6-5-8-20(23)17-27-24(25-2)26-16-19-12-13-28(18-19)21-9-7-10-22(15-21)29-3;/h4-11,15,19H,1,12-14,16-18H2,2-3H3,(H2,25,26,27);1H. The van der Waals surface area contributed by atoms with Crippen LogP contribution < -0.4 is 25.0 Å². The first kappa shape index (κ1) is 24.8. The number of hydrogen-bond donors (Lipinski definition) is 2. The number of benzene rings is 2. The van der Waals surface area contributed by atoms with Gasteiger partial charge in [-0.25, -0.2) is 0 Å². The van der Waals surface area contributed by atoms with E-state index >= 15 is 0 Å². The van der Waals surface area contributed by atoms with Crippen LogP contribution in [0.3, 0.4) is 0 Å². The number of methoxy groups -OCH3 is 1. The van der Waals surface area contributed by atoms with Gasteiger partial charge in [0.2, 0.25) is 0 Å². The number of nitrogens with zero attached hydrogens (tertiary/aromatic N) is 2. The van der Waals surface area contributed by atoms with Gasteiger partial charge in [0.15, 0.2) is 5.96 Å². The average Bonchev–Trinajstić information content (AvgIpc) is 3.27. The Morgan fingerprint density at radius 1 is 1.23 bits per heavy atom. The predicted octanol–water partition coefficient (Wildman–Crippen LogP) is 4.07. The maximum Gasteiger partial charge on any atom is 0.191 e. The third kappa shape index (κ3) is 7.34. The molecular weight excluding hydrogens is 503 g/mol. The molecule has 2 aromatic rings. The Bertz CT molecular complexity index is 859. The fourth-order valence-corrected chi connectivity index (χ4v) is 3.62. The summed E-state index contributed by atoms with van der Waals surface area (Å²) in [5, 5.41) is 6.86. The molecule has 3 rings (SSSR count). The second-order valence-electron chi connectivity index (χ2n) is 7.32. The molecule has 6 nitrogen and oxygen atoms in total. The molecule has 2 N–H and O–H groups in total. The summed E-state index contributed by atoms with van der Waals surface area (Å²) < 4.78 is 11.1. The molecule has 7 heteroatoms. The topological polar surface area (TPSA) is 58.1 Å². The average molecular weight is 536 g/mol. The molecule has 1 aliphatic heterocycles. The van der Waals surface area contributed by atoms with Crippen molar-refractivity contribution in [1.82, 2.24) is 10.6 Å². The minimum Gasteiger partial charge on any atom is -0.497 e. The molecule has 1 saturated heterocycles. The van der Waals surface area contributed by atoms with Gasteiger partial charge in [0.25, 0.3) is 0 Å². The summed E-state index contributed by atoms with van der Waals surface area (Å²) in [7, 11) is 3.51. The molecule has 0 aliphatic carbocycles. The third-order valence-electron chi connectivity index (χ3n) is 5.26. The highest BCUT2D eigenvalue weighted by Crippen LogP contribution is 2.26. The van der Waals surface area contributed by atoms with Gasteiger partial charge in [-0.3, -0.25) is 4.99 Å². The van der Waals surface area contributed by atoms with Gasteiger partial charge < -0.3 is 25.0 Å². The number of para-hydroxylation sites is 1. The van der Waals surface area contributed by atoms with Gasteiger partial charge in [-0.2, -0.15) is 0 Å². The summed E-state index contributed by atoms with van der Waals surface area (Å²) in [6.07, 6.45) is 2.90. The molecule has 0 radical (unpaired) electrons. The molecular formula is C24H33IN4O2. The van der Waals surface area contributed by atoms with Crippen LogP contribution in [0.2, 0.25) is 0 Å². The summed E-state index contributed by atoms with van der Waals surface area (Å²) in [4.78, 5) is 6.78. The van der Waals surface area contributed by atoms with Crippen molar-refractivity contribution >= 4 is 35.6 Å². The molecule has 1 unspecified atom stereocenters. The second-order valence-corrected chi connectivity index (χ2v) is 7.32. The monoisotopic (exact) mass is 536 g/mol. The van der Waals surface area contributed by atoms with E-state index in [1.165, 1.54) is 5.69 Å². The number of aliphatic imine (C=N–C) groups is 1. The summed E-state index contributed by atoms with van der Waals surface area (Å²) in [6, 6.07) is 16.3. The summed E-state index contributed by atoms with van der Waals surface area (Å²) in [6.45, 7) is 7.81. The molecule has 0 aromatic heterocycles. The Morgan fingerprint density at radius 3 is 2.84 bits per heavy atom. The smallest absolute Gasteiger partial charge is 0.191 e. The highest BCUT2D eigenvalue weighted by molar-refractivity contribution is 14.0. The number of hydrogen-bond acceptors (Lipinski definition) is 4. The van der Waals surface area contributed by atoms with Crippen LogP contribution in [-0.2, 0) is 6.54 Å². The first-order valence-corrected chi connectivity index (χ1v) is 10.4. The van der Waals surface area contributed by atoms with Crippen LogP contribution in [-0.4, -0.2) is 46.4 Å². The Labute approximate surface area is 202 Å². The lowest BCUT2D eigenvalue weighted by molar-refractivity contribution is 0.358. The lowest BCUT2D eigenvalue weighted by Crippen LogP contribution is -2.40. The highest BCUT2D eigenvalue weighted by atomic mass is 127. The van der Waals surface area contributed by atoms with Gasteiger partial charge in [0.1, 0.15) is 18.1 Å². The number of nitrogens with one attached hydrogen (secondary N) is 2. The summed E-state index contributed by atoms with van der Waals surface area (Å²) in [5.74, 6) is 3.13. The van der Waals surface area contributed by atoms with Gasteiger partial charge >= 0.3 is 0 Å². The van der Waals surface area contributed by atoms with Crippen LogP contribution in [0, 0.1) is 5.92 Å². The molecule has 1 heterocycles. The predicted molar refractivity (Wildman–Crippen MR) is 139 cm³/mol. The van der Waals surface area contributed by atoms with Crippen LogP contribution in [0.25, 0.3) is 0 Å². The van der Waals surface area contributed by atoms with Crippen molar-refractivity contribution in [2.45, 2.75) is 13.0 Å². The fraction of sp³-hybridized carbons (Fsp3) is 0.375. The van der Waals surface area contributed by atoms with Gasteiger partial charge in [0.05, 0.1) is 7.11 Å². The summed E-state index contributed by atoms with van der Waals surface area (Å²) >= 11 is 0. The van der Waals surface area contributed by atoms with Crippen LogP contribution in [0.1, 0.15) is 12.0 Å². The Hall–Kier alpha value is -2.42. The lowest BCUT2D eigenvalue weighted by Gasteiger charge is -2.20. The summed E-state index contributed by atoms with van der Waals surface area (Å²) in [5.41, 5.74) is 2.31. The van der Waals surface area contributed by atoms with E-state index in [0.29, 0.717) is 19.1 Å². The maximum atomic E-state index is 5.73. The molecule has 0 bridgehead atoms. The van der Waals surface area contributed by atoms with E-state index in [4.69, 9.17) is 9.47 Å². The van der Waals surface area contributed by atoms with Crippen LogP contribution >= 0.6 is 24.0 Å². The van der Waals surface area contributed by atoms with E-state index in [2.05, 4.69) is 45.3 Å². The number of rotatable bonds is 9. The Balaban J connectivity index is 0.00000341. The van der Waals surface area contributed by atoms with Crippen LogP contribution in [0.15, 0.2) is 66.2 Å². The van der Waals surface area contributed by atoms with Crippen molar-refractivity contribution in [3.8, 4) is 11.5 Å². The largest absolute Gasteiger partial charge is 0.497 e. The lowest BCUT2D eigenvalue weighted by atomic mass is 10.1. The number of halogens is 1. The van der Waals surface area contributed by atoms with E-state index in [1.807, 2.05) is 30.3 Å². The van der Waals surface area contributed by atoms with Crippen molar-refractivity contribution in [1.29, 1.82) is 0 Å². The first-order chi connectivity index (χ1) is 14.7. The van der Waals surface area contributed by atoms with Crippen molar-refractivity contribution in [3.05, 3.63) is 66.7 Å². The highest BCUT2D eigenvalue weighted by Gasteiger charge is 2.23. The number of anilines is 1. The minimum atomic E-state index is 0. The van der Waals surface area contributed by atoms with Gasteiger partial charge in [-0.15, -0.1) is 24.0 Å². The quantitative estimate of drug-likeness (QED) is 0.219. The second kappa shape index (κ2) is 13.1. The van der Waals surface area contributed by atoms with Crippen molar-refractivity contribution < 1.29 is 9.47 Å². The van der Waals surface area contributed by atoms with Gasteiger partial charge in [0, 0.05) is 50.5 Å². The molecule has 0 spiro atoms. The van der Waals surface area contributed by atoms with Crippen molar-refractivity contribution in [2.24, 2.45) is 10.9 Å². The van der Waals surface area contributed by atoms with Crippen LogP contribution in [0.5, 0.6) is 11.5 Å².